The van der Waals surface area contributed by atoms with E-state index in [-0.39, 0.29) is 4.84 Å². The number of ether oxygens (including phenoxy) is 1. The van der Waals surface area contributed by atoms with E-state index in [2.05, 4.69) is 10.2 Å². The zero-order valence-electron chi connectivity index (χ0n) is 11.2. The van der Waals surface area contributed by atoms with Crippen molar-refractivity contribution in [1.29, 1.82) is 0 Å². The van der Waals surface area contributed by atoms with Crippen molar-refractivity contribution in [3.8, 4) is 17.2 Å². The van der Waals surface area contributed by atoms with Crippen molar-refractivity contribution in [3.05, 3.63) is 62.9 Å². The third-order valence-corrected chi connectivity index (χ3v) is 3.69. The second kappa shape index (κ2) is 6.52. The average Bonchev–Trinajstić information content (AvgIpc) is 2.93. The van der Waals surface area contributed by atoms with E-state index in [0.717, 1.165) is 11.1 Å². The van der Waals surface area contributed by atoms with Gasteiger partial charge in [0.05, 0.1) is 0 Å². The maximum Gasteiger partial charge on any atom is 0.284 e. The minimum absolute atomic E-state index is 0.231. The van der Waals surface area contributed by atoms with E-state index in [1.54, 1.807) is 12.1 Å². The van der Waals surface area contributed by atoms with Crippen molar-refractivity contribution in [2.24, 2.45) is 0 Å². The van der Waals surface area contributed by atoms with Crippen molar-refractivity contribution in [2.45, 2.75) is 6.61 Å². The Balaban J connectivity index is 1.77. The van der Waals surface area contributed by atoms with Gasteiger partial charge in [0.2, 0.25) is 5.89 Å². The summed E-state index contributed by atoms with van der Waals surface area (Å²) in [7, 11) is 0. The van der Waals surface area contributed by atoms with Gasteiger partial charge in [0.15, 0.2) is 0 Å². The SMILES string of the molecule is S=c1[nH]nc(-c2cccc(OCc3ccc(Cl)cc3Cl)c2)o1. The first-order valence-electron chi connectivity index (χ1n) is 6.34. The highest BCUT2D eigenvalue weighted by molar-refractivity contribution is 7.71. The highest BCUT2D eigenvalue weighted by atomic mass is 35.5. The number of halogens is 2. The van der Waals surface area contributed by atoms with E-state index in [4.69, 9.17) is 44.6 Å². The molecule has 0 saturated heterocycles. The third kappa shape index (κ3) is 3.50. The molecule has 0 spiro atoms. The Bertz CT molecular complexity index is 860. The molecule has 0 radical (unpaired) electrons. The van der Waals surface area contributed by atoms with Gasteiger partial charge in [-0.25, -0.2) is 5.10 Å². The second-order valence-corrected chi connectivity index (χ2v) is 5.68. The predicted octanol–water partition coefficient (Wildman–Crippen LogP) is 5.28. The van der Waals surface area contributed by atoms with Crippen LogP contribution < -0.4 is 4.74 Å². The summed E-state index contributed by atoms with van der Waals surface area (Å²) in [5.74, 6) is 1.09. The van der Waals surface area contributed by atoms with Crippen LogP contribution in [0, 0.1) is 4.84 Å². The summed E-state index contributed by atoms with van der Waals surface area (Å²) >= 11 is 16.9. The van der Waals surface area contributed by atoms with Gasteiger partial charge in [-0.15, -0.1) is 5.10 Å². The minimum Gasteiger partial charge on any atom is -0.489 e. The fourth-order valence-electron chi connectivity index (χ4n) is 1.87. The quantitative estimate of drug-likeness (QED) is 0.648. The molecule has 0 unspecified atom stereocenters. The number of rotatable bonds is 4. The van der Waals surface area contributed by atoms with Crippen LogP contribution in [0.3, 0.4) is 0 Å². The van der Waals surface area contributed by atoms with Crippen LogP contribution in [0.15, 0.2) is 46.9 Å². The lowest BCUT2D eigenvalue weighted by Gasteiger charge is -2.08. The maximum atomic E-state index is 6.12. The van der Waals surface area contributed by atoms with Crippen molar-refractivity contribution in [2.75, 3.05) is 0 Å². The number of aromatic amines is 1. The molecule has 2 aromatic carbocycles. The van der Waals surface area contributed by atoms with Crippen LogP contribution in [0.4, 0.5) is 0 Å². The van der Waals surface area contributed by atoms with E-state index in [1.165, 1.54) is 0 Å². The summed E-state index contributed by atoms with van der Waals surface area (Å²) in [5.41, 5.74) is 1.63. The zero-order chi connectivity index (χ0) is 15.5. The van der Waals surface area contributed by atoms with Crippen LogP contribution >= 0.6 is 35.4 Å². The van der Waals surface area contributed by atoms with Crippen molar-refractivity contribution < 1.29 is 9.15 Å². The molecule has 4 nitrogen and oxygen atoms in total. The number of benzene rings is 2. The number of H-pyrrole nitrogens is 1. The predicted molar refractivity (Wildman–Crippen MR) is 87.9 cm³/mol. The number of nitrogens with one attached hydrogen (secondary N) is 1. The lowest BCUT2D eigenvalue weighted by atomic mass is 10.2. The molecule has 0 amide bonds. The molecular weight excluding hydrogens is 343 g/mol. The van der Waals surface area contributed by atoms with E-state index in [1.807, 2.05) is 30.3 Å². The van der Waals surface area contributed by atoms with Crippen LogP contribution in [0.2, 0.25) is 10.0 Å². The lowest BCUT2D eigenvalue weighted by Crippen LogP contribution is -1.96. The number of hydrogen-bond acceptors (Lipinski definition) is 4. The Morgan fingerprint density at radius 3 is 2.77 bits per heavy atom. The van der Waals surface area contributed by atoms with Gasteiger partial charge in [-0.05, 0) is 42.5 Å². The summed E-state index contributed by atoms with van der Waals surface area (Å²) in [4.78, 5) is 0.231. The van der Waals surface area contributed by atoms with Crippen LogP contribution in [0.1, 0.15) is 5.56 Å². The number of hydrogen-bond donors (Lipinski definition) is 1. The van der Waals surface area contributed by atoms with E-state index >= 15 is 0 Å². The molecule has 3 aromatic rings. The van der Waals surface area contributed by atoms with Gasteiger partial charge in [-0.2, -0.15) is 0 Å². The first-order chi connectivity index (χ1) is 10.6. The van der Waals surface area contributed by atoms with E-state index < -0.39 is 0 Å². The van der Waals surface area contributed by atoms with Crippen LogP contribution in [0.5, 0.6) is 5.75 Å². The van der Waals surface area contributed by atoms with Gasteiger partial charge < -0.3 is 9.15 Å². The van der Waals surface area contributed by atoms with Crippen molar-refractivity contribution in [1.82, 2.24) is 10.2 Å². The third-order valence-electron chi connectivity index (χ3n) is 2.93. The van der Waals surface area contributed by atoms with Crippen molar-refractivity contribution in [3.63, 3.8) is 0 Å². The smallest absolute Gasteiger partial charge is 0.284 e. The van der Waals surface area contributed by atoms with E-state index in [0.29, 0.717) is 28.3 Å². The number of nitrogens with zero attached hydrogens (tertiary/aromatic N) is 1. The first-order valence-corrected chi connectivity index (χ1v) is 7.51. The van der Waals surface area contributed by atoms with Crippen LogP contribution in [0.25, 0.3) is 11.5 Å². The summed E-state index contributed by atoms with van der Waals surface area (Å²) in [6.07, 6.45) is 0. The largest absolute Gasteiger partial charge is 0.489 e. The molecular formula is C15H10Cl2N2O2S. The average molecular weight is 353 g/mol. The summed E-state index contributed by atoms with van der Waals surface area (Å²) < 4.78 is 11.0. The highest BCUT2D eigenvalue weighted by Crippen LogP contribution is 2.25. The summed E-state index contributed by atoms with van der Waals surface area (Å²) in [6.45, 7) is 0.337. The monoisotopic (exact) mass is 352 g/mol. The van der Waals surface area contributed by atoms with Gasteiger partial charge in [-0.1, -0.05) is 35.3 Å². The molecule has 1 heterocycles. The Hall–Kier alpha value is -1.82. The molecule has 0 aliphatic carbocycles. The normalized spacial score (nSPS) is 10.6. The standard InChI is InChI=1S/C15H10Cl2N2O2S/c16-11-5-4-10(13(17)7-11)8-20-12-3-1-2-9(6-12)14-18-19-15(22)21-14/h1-7H,8H2,(H,19,22). The fraction of sp³-hybridized carbons (Fsp3) is 0.0667. The van der Waals surface area contributed by atoms with Gasteiger partial charge in [0.25, 0.3) is 4.84 Å². The Kier molecular flexibility index (Phi) is 4.47. The second-order valence-electron chi connectivity index (χ2n) is 4.47. The molecule has 0 aliphatic heterocycles. The molecule has 3 rings (SSSR count). The Morgan fingerprint density at radius 2 is 2.05 bits per heavy atom. The fourth-order valence-corrected chi connectivity index (χ4v) is 2.46. The minimum atomic E-state index is 0.231. The Morgan fingerprint density at radius 1 is 1.18 bits per heavy atom. The highest BCUT2D eigenvalue weighted by Gasteiger charge is 2.07. The molecule has 0 aliphatic rings. The summed E-state index contributed by atoms with van der Waals surface area (Å²) in [6, 6.07) is 12.7. The van der Waals surface area contributed by atoms with Crippen LogP contribution in [-0.2, 0) is 6.61 Å². The van der Waals surface area contributed by atoms with Crippen LogP contribution in [-0.4, -0.2) is 10.2 Å². The Labute approximate surface area is 141 Å². The lowest BCUT2D eigenvalue weighted by molar-refractivity contribution is 0.306. The van der Waals surface area contributed by atoms with Gasteiger partial charge in [0, 0.05) is 21.2 Å². The molecule has 112 valence electrons. The van der Waals surface area contributed by atoms with Gasteiger partial charge in [0.1, 0.15) is 12.4 Å². The maximum absolute atomic E-state index is 6.12. The molecule has 0 fully saturated rings. The molecule has 0 saturated carbocycles. The molecule has 0 atom stereocenters. The van der Waals surface area contributed by atoms with Gasteiger partial charge >= 0.3 is 0 Å². The summed E-state index contributed by atoms with van der Waals surface area (Å²) in [5, 5.41) is 7.73. The zero-order valence-corrected chi connectivity index (χ0v) is 13.5. The molecule has 1 aromatic heterocycles. The molecule has 7 heteroatoms. The van der Waals surface area contributed by atoms with Gasteiger partial charge in [-0.3, -0.25) is 0 Å². The molecule has 0 bridgehead atoms. The molecule has 1 N–H and O–H groups in total. The van der Waals surface area contributed by atoms with E-state index in [9.17, 15) is 0 Å². The van der Waals surface area contributed by atoms with Crippen molar-refractivity contribution >= 4 is 35.4 Å². The topological polar surface area (TPSA) is 51.0 Å². The first kappa shape index (κ1) is 15.1. The number of aromatic nitrogens is 2. The molecule has 22 heavy (non-hydrogen) atoms.